The van der Waals surface area contributed by atoms with E-state index >= 15 is 0 Å². The molecule has 3 heteroatoms. The van der Waals surface area contributed by atoms with E-state index in [0.29, 0.717) is 6.10 Å². The Morgan fingerprint density at radius 1 is 1.17 bits per heavy atom. The molecule has 2 aliphatic heterocycles. The maximum Gasteiger partial charge on any atom is 0.0701 e. The van der Waals surface area contributed by atoms with Crippen LogP contribution in [0.25, 0.3) is 0 Å². The molecule has 18 heavy (non-hydrogen) atoms. The Morgan fingerprint density at radius 2 is 2.00 bits per heavy atom. The molecule has 2 rings (SSSR count). The minimum Gasteiger partial charge on any atom is -0.377 e. The smallest absolute Gasteiger partial charge is 0.0701 e. The van der Waals surface area contributed by atoms with E-state index in [1.807, 2.05) is 0 Å². The molecule has 0 aliphatic carbocycles. The third kappa shape index (κ3) is 4.52. The van der Waals surface area contributed by atoms with Gasteiger partial charge in [0.05, 0.1) is 6.10 Å². The summed E-state index contributed by atoms with van der Waals surface area (Å²) in [5, 5.41) is 0. The Hall–Kier alpha value is -0.120. The van der Waals surface area contributed by atoms with E-state index in [2.05, 4.69) is 23.9 Å². The third-order valence-electron chi connectivity index (χ3n) is 4.55. The summed E-state index contributed by atoms with van der Waals surface area (Å²) in [6.07, 6.45) is 9.88. The predicted octanol–water partition coefficient (Wildman–Crippen LogP) is 2.36. The number of likely N-dealkylation sites (N-methyl/N-ethyl adjacent to an activating group) is 1. The summed E-state index contributed by atoms with van der Waals surface area (Å²) in [5.41, 5.74) is 0. The van der Waals surface area contributed by atoms with Gasteiger partial charge in [-0.25, -0.2) is 0 Å². The van der Waals surface area contributed by atoms with Crippen molar-refractivity contribution in [1.29, 1.82) is 0 Å². The van der Waals surface area contributed by atoms with E-state index in [1.165, 1.54) is 58.0 Å². The largest absolute Gasteiger partial charge is 0.377 e. The molecule has 0 aromatic rings. The van der Waals surface area contributed by atoms with E-state index < -0.39 is 0 Å². The maximum atomic E-state index is 5.81. The van der Waals surface area contributed by atoms with E-state index in [-0.39, 0.29) is 0 Å². The fraction of sp³-hybridized carbons (Fsp3) is 1.00. The average Bonchev–Trinajstić information content (AvgIpc) is 2.39. The molecule has 0 amide bonds. The minimum atomic E-state index is 0.493. The molecule has 0 saturated carbocycles. The third-order valence-corrected chi connectivity index (χ3v) is 4.55. The zero-order valence-electron chi connectivity index (χ0n) is 12.2. The molecule has 2 heterocycles. The van der Waals surface area contributed by atoms with Crippen LogP contribution in [0.1, 0.15) is 44.9 Å². The first kappa shape index (κ1) is 14.3. The van der Waals surface area contributed by atoms with Crippen LogP contribution < -0.4 is 0 Å². The highest BCUT2D eigenvalue weighted by atomic mass is 16.5. The van der Waals surface area contributed by atoms with E-state index in [9.17, 15) is 0 Å². The van der Waals surface area contributed by atoms with Gasteiger partial charge in [0.15, 0.2) is 0 Å². The second kappa shape index (κ2) is 7.46. The van der Waals surface area contributed by atoms with Crippen LogP contribution in [0.4, 0.5) is 0 Å². The summed E-state index contributed by atoms with van der Waals surface area (Å²) in [7, 11) is 4.54. The van der Waals surface area contributed by atoms with Crippen molar-refractivity contribution in [1.82, 2.24) is 9.80 Å². The van der Waals surface area contributed by atoms with Gasteiger partial charge in [-0.1, -0.05) is 6.42 Å². The van der Waals surface area contributed by atoms with Crippen LogP contribution in [0.5, 0.6) is 0 Å². The molecule has 2 unspecified atom stereocenters. The zero-order chi connectivity index (χ0) is 12.8. The van der Waals surface area contributed by atoms with Crippen LogP contribution in [0.3, 0.4) is 0 Å². The topological polar surface area (TPSA) is 15.7 Å². The van der Waals surface area contributed by atoms with Crippen LogP contribution in [0.2, 0.25) is 0 Å². The van der Waals surface area contributed by atoms with E-state index in [1.54, 1.807) is 0 Å². The highest BCUT2D eigenvalue weighted by Gasteiger charge is 2.20. The lowest BCUT2D eigenvalue weighted by atomic mass is 10.00. The van der Waals surface area contributed by atoms with Crippen LogP contribution in [0, 0.1) is 0 Å². The molecular formula is C15H30N2O. The van der Waals surface area contributed by atoms with Gasteiger partial charge >= 0.3 is 0 Å². The number of nitrogens with zero attached hydrogens (tertiary/aromatic N) is 2. The van der Waals surface area contributed by atoms with Crippen molar-refractivity contribution < 1.29 is 4.74 Å². The molecule has 0 bridgehead atoms. The molecule has 2 fully saturated rings. The number of ether oxygens (including phenoxy) is 1. The Kier molecular flexibility index (Phi) is 5.93. The normalized spacial score (nSPS) is 30.8. The molecule has 3 nitrogen and oxygen atoms in total. The van der Waals surface area contributed by atoms with Crippen LogP contribution in [-0.2, 0) is 4.74 Å². The van der Waals surface area contributed by atoms with Crippen molar-refractivity contribution in [3.8, 4) is 0 Å². The molecule has 2 aliphatic rings. The SMILES string of the molecule is CN(CCC1CCCCN1C)CC1CCCCO1. The summed E-state index contributed by atoms with van der Waals surface area (Å²) in [6, 6.07) is 0.813. The monoisotopic (exact) mass is 254 g/mol. The van der Waals surface area contributed by atoms with Gasteiger partial charge in [-0.15, -0.1) is 0 Å². The van der Waals surface area contributed by atoms with Gasteiger partial charge in [-0.2, -0.15) is 0 Å². The average molecular weight is 254 g/mol. The number of hydrogen-bond donors (Lipinski definition) is 0. The molecule has 2 atom stereocenters. The summed E-state index contributed by atoms with van der Waals surface area (Å²) in [5.74, 6) is 0. The lowest BCUT2D eigenvalue weighted by molar-refractivity contribution is -0.00271. The van der Waals surface area contributed by atoms with Gasteiger partial charge in [-0.05, 0) is 65.7 Å². The number of piperidine rings is 1. The number of likely N-dealkylation sites (tertiary alicyclic amines) is 1. The van der Waals surface area contributed by atoms with Gasteiger partial charge in [0.1, 0.15) is 0 Å². The minimum absolute atomic E-state index is 0.493. The summed E-state index contributed by atoms with van der Waals surface area (Å²) in [4.78, 5) is 5.02. The molecule has 106 valence electrons. The van der Waals surface area contributed by atoms with Crippen molar-refractivity contribution in [2.75, 3.05) is 40.3 Å². The molecule has 0 radical (unpaired) electrons. The number of rotatable bonds is 5. The molecule has 0 N–H and O–H groups in total. The molecule has 0 aromatic carbocycles. The van der Waals surface area contributed by atoms with E-state index in [4.69, 9.17) is 4.74 Å². The zero-order valence-corrected chi connectivity index (χ0v) is 12.2. The summed E-state index contributed by atoms with van der Waals surface area (Å²) < 4.78 is 5.81. The molecule has 2 saturated heterocycles. The Labute approximate surface area is 112 Å². The van der Waals surface area contributed by atoms with Crippen LogP contribution >= 0.6 is 0 Å². The van der Waals surface area contributed by atoms with Crippen molar-refractivity contribution >= 4 is 0 Å². The predicted molar refractivity (Wildman–Crippen MR) is 76.0 cm³/mol. The second-order valence-electron chi connectivity index (χ2n) is 6.17. The van der Waals surface area contributed by atoms with Gasteiger partial charge in [0, 0.05) is 19.2 Å². The first-order valence-corrected chi connectivity index (χ1v) is 7.76. The Morgan fingerprint density at radius 3 is 2.72 bits per heavy atom. The molecule has 0 aromatic heterocycles. The second-order valence-corrected chi connectivity index (χ2v) is 6.17. The lowest BCUT2D eigenvalue weighted by Gasteiger charge is -2.34. The molecule has 0 spiro atoms. The van der Waals surface area contributed by atoms with Crippen molar-refractivity contribution in [2.45, 2.75) is 57.1 Å². The van der Waals surface area contributed by atoms with Crippen molar-refractivity contribution in [2.24, 2.45) is 0 Å². The lowest BCUT2D eigenvalue weighted by Crippen LogP contribution is -2.40. The highest BCUT2D eigenvalue weighted by molar-refractivity contribution is 4.76. The first-order chi connectivity index (χ1) is 8.75. The first-order valence-electron chi connectivity index (χ1n) is 7.76. The van der Waals surface area contributed by atoms with Gasteiger partial charge in [0.2, 0.25) is 0 Å². The quantitative estimate of drug-likeness (QED) is 0.749. The highest BCUT2D eigenvalue weighted by Crippen LogP contribution is 2.18. The Bertz CT molecular complexity index is 229. The fourth-order valence-electron chi connectivity index (χ4n) is 3.27. The van der Waals surface area contributed by atoms with Crippen LogP contribution in [0.15, 0.2) is 0 Å². The summed E-state index contributed by atoms with van der Waals surface area (Å²) >= 11 is 0. The standard InChI is InChI=1S/C15H30N2O/c1-16(13-15-8-4-6-12-18-15)11-9-14-7-3-5-10-17(14)2/h14-15H,3-13H2,1-2H3. The summed E-state index contributed by atoms with van der Waals surface area (Å²) in [6.45, 7) is 4.61. The van der Waals surface area contributed by atoms with Gasteiger partial charge in [-0.3, -0.25) is 0 Å². The molecular weight excluding hydrogens is 224 g/mol. The van der Waals surface area contributed by atoms with Crippen molar-refractivity contribution in [3.63, 3.8) is 0 Å². The van der Waals surface area contributed by atoms with Crippen LogP contribution in [-0.4, -0.2) is 62.3 Å². The van der Waals surface area contributed by atoms with Gasteiger partial charge < -0.3 is 14.5 Å². The fourth-order valence-corrected chi connectivity index (χ4v) is 3.27. The number of hydrogen-bond acceptors (Lipinski definition) is 3. The Balaban J connectivity index is 1.62. The maximum absolute atomic E-state index is 5.81. The van der Waals surface area contributed by atoms with Gasteiger partial charge in [0.25, 0.3) is 0 Å². The van der Waals surface area contributed by atoms with Crippen molar-refractivity contribution in [3.05, 3.63) is 0 Å². The van der Waals surface area contributed by atoms with E-state index in [0.717, 1.165) is 19.2 Å².